The van der Waals surface area contributed by atoms with E-state index in [1.807, 2.05) is 92.6 Å². The number of halogens is 1. The minimum absolute atomic E-state index is 0.0788. The average molecular weight is 847 g/mol. The van der Waals surface area contributed by atoms with Gasteiger partial charge < -0.3 is 14.9 Å². The number of benzene rings is 5. The molecule has 0 aromatic heterocycles. The van der Waals surface area contributed by atoms with Crippen molar-refractivity contribution in [3.05, 3.63) is 137 Å². The van der Waals surface area contributed by atoms with Crippen LogP contribution < -0.4 is 19.6 Å². The lowest BCUT2D eigenvalue weighted by Crippen LogP contribution is -2.43. The second-order valence-electron chi connectivity index (χ2n) is 16.5. The lowest BCUT2D eigenvalue weighted by atomic mass is 9.57. The van der Waals surface area contributed by atoms with Gasteiger partial charge >= 0.3 is 0 Å². The molecule has 3 fully saturated rings. The second-order valence-corrected chi connectivity index (χ2v) is 16.9. The standard InChI is InChI=1S/C48H43ClN8O5/c1-54(2)32-14-6-28(7-15-32)50-52-30-10-18-34(19-11-30)56-45(59)37-23-22-36-38(43(37)47(56)61)26-40-44(42(36)39-25-27(49)5-24-41(39)58)48(62)57(46(40)60)35-20-12-31(13-21-35)53-51-29-8-16-33(17-9-29)55(3)4/h5-22,24-25,37-38,40,42-44,58H,23,26H2,1-4H3/t37-,38+,40+,42+,43-,44+/m0/s1. The van der Waals surface area contributed by atoms with Gasteiger partial charge in [-0.25, -0.2) is 0 Å². The summed E-state index contributed by atoms with van der Waals surface area (Å²) in [6.45, 7) is 0. The van der Waals surface area contributed by atoms with E-state index >= 15 is 0 Å². The van der Waals surface area contributed by atoms with Gasteiger partial charge in [0.25, 0.3) is 0 Å². The summed E-state index contributed by atoms with van der Waals surface area (Å²) >= 11 is 6.51. The number of amides is 4. The molecule has 2 aliphatic carbocycles. The number of azo groups is 2. The molecule has 13 nitrogen and oxygen atoms in total. The monoisotopic (exact) mass is 846 g/mol. The van der Waals surface area contributed by atoms with E-state index < -0.39 is 47.3 Å². The highest BCUT2D eigenvalue weighted by Crippen LogP contribution is 2.59. The van der Waals surface area contributed by atoms with Crippen molar-refractivity contribution in [3.8, 4) is 5.75 Å². The lowest BCUT2D eigenvalue weighted by Gasteiger charge is -2.44. The van der Waals surface area contributed by atoms with Crippen LogP contribution in [-0.2, 0) is 19.2 Å². The Labute approximate surface area is 363 Å². The summed E-state index contributed by atoms with van der Waals surface area (Å²) in [7, 11) is 7.84. The van der Waals surface area contributed by atoms with Crippen molar-refractivity contribution < 1.29 is 24.3 Å². The molecule has 6 atom stereocenters. The minimum Gasteiger partial charge on any atom is -0.508 e. The Morgan fingerprint density at radius 1 is 0.548 bits per heavy atom. The maximum Gasteiger partial charge on any atom is 0.238 e. The fourth-order valence-electron chi connectivity index (χ4n) is 9.42. The largest absolute Gasteiger partial charge is 0.508 e. The van der Waals surface area contributed by atoms with E-state index in [1.54, 1.807) is 60.7 Å². The molecule has 62 heavy (non-hydrogen) atoms. The molecule has 0 unspecified atom stereocenters. The van der Waals surface area contributed by atoms with Gasteiger partial charge in [-0.15, -0.1) is 0 Å². The molecular weight excluding hydrogens is 804 g/mol. The summed E-state index contributed by atoms with van der Waals surface area (Å²) < 4.78 is 0. The van der Waals surface area contributed by atoms with Crippen LogP contribution >= 0.6 is 11.6 Å². The topological polar surface area (TPSA) is 151 Å². The molecule has 5 aromatic carbocycles. The van der Waals surface area contributed by atoms with Gasteiger partial charge in [-0.2, -0.15) is 20.5 Å². The molecule has 1 N–H and O–H groups in total. The molecule has 4 amide bonds. The normalized spacial score (nSPS) is 23.2. The highest BCUT2D eigenvalue weighted by atomic mass is 35.5. The number of carbonyl (C=O) groups is 4. The van der Waals surface area contributed by atoms with Gasteiger partial charge in [-0.05, 0) is 134 Å². The van der Waals surface area contributed by atoms with Gasteiger partial charge in [0.2, 0.25) is 23.6 Å². The summed E-state index contributed by atoms with van der Waals surface area (Å²) in [6.07, 6.45) is 2.37. The van der Waals surface area contributed by atoms with Gasteiger partial charge in [-0.3, -0.25) is 29.0 Å². The lowest BCUT2D eigenvalue weighted by molar-refractivity contribution is -0.126. The molecule has 2 saturated heterocycles. The number of phenolic OH excluding ortho intramolecular Hbond substituents is 1. The van der Waals surface area contributed by atoms with Crippen molar-refractivity contribution >= 4 is 80.7 Å². The molecule has 2 aliphatic heterocycles. The number of rotatable bonds is 9. The number of hydrogen-bond donors (Lipinski definition) is 1. The Bertz CT molecular complexity index is 2680. The predicted molar refractivity (Wildman–Crippen MR) is 238 cm³/mol. The minimum atomic E-state index is -0.883. The fraction of sp³-hybridized carbons (Fsp3) is 0.250. The number of nitrogens with zero attached hydrogens (tertiary/aromatic N) is 8. The molecule has 0 radical (unpaired) electrons. The average Bonchev–Trinajstić information content (AvgIpc) is 3.68. The fourth-order valence-corrected chi connectivity index (χ4v) is 9.60. The van der Waals surface area contributed by atoms with Crippen LogP contribution in [0, 0.1) is 29.6 Å². The summed E-state index contributed by atoms with van der Waals surface area (Å²) in [5, 5.41) is 29.0. The van der Waals surface area contributed by atoms with Crippen LogP contribution in [0.1, 0.15) is 24.3 Å². The molecule has 5 aromatic rings. The first kappa shape index (κ1) is 40.4. The van der Waals surface area contributed by atoms with Crippen molar-refractivity contribution in [3.63, 3.8) is 0 Å². The molecule has 312 valence electrons. The third kappa shape index (κ3) is 7.21. The first-order valence-corrected chi connectivity index (χ1v) is 20.8. The Kier molecular flexibility index (Phi) is 10.5. The van der Waals surface area contributed by atoms with E-state index in [1.165, 1.54) is 15.9 Å². The van der Waals surface area contributed by atoms with Crippen LogP contribution in [0.3, 0.4) is 0 Å². The highest BCUT2D eigenvalue weighted by Gasteiger charge is 2.62. The molecule has 1 saturated carbocycles. The first-order valence-electron chi connectivity index (χ1n) is 20.4. The van der Waals surface area contributed by atoms with E-state index in [0.29, 0.717) is 44.7 Å². The van der Waals surface area contributed by atoms with E-state index in [4.69, 9.17) is 11.6 Å². The van der Waals surface area contributed by atoms with Crippen LogP contribution in [-0.4, -0.2) is 56.9 Å². The second kappa shape index (κ2) is 16.1. The summed E-state index contributed by atoms with van der Waals surface area (Å²) in [6, 6.07) is 33.4. The maximum atomic E-state index is 14.6. The smallest absolute Gasteiger partial charge is 0.238 e. The number of anilines is 4. The van der Waals surface area contributed by atoms with Crippen LogP contribution in [0.5, 0.6) is 5.75 Å². The van der Waals surface area contributed by atoms with Gasteiger partial charge in [0.15, 0.2) is 0 Å². The quantitative estimate of drug-likeness (QED) is 0.0881. The molecule has 9 rings (SSSR count). The van der Waals surface area contributed by atoms with Crippen molar-refractivity contribution in [2.75, 3.05) is 47.8 Å². The highest BCUT2D eigenvalue weighted by molar-refractivity contribution is 6.30. The summed E-state index contributed by atoms with van der Waals surface area (Å²) in [5.74, 6) is -6.09. The van der Waals surface area contributed by atoms with Crippen molar-refractivity contribution in [2.45, 2.75) is 18.8 Å². The van der Waals surface area contributed by atoms with Crippen molar-refractivity contribution in [1.29, 1.82) is 0 Å². The molecule has 2 heterocycles. The maximum absolute atomic E-state index is 14.6. The van der Waals surface area contributed by atoms with Gasteiger partial charge in [-0.1, -0.05) is 23.3 Å². The molecule has 4 aliphatic rings. The number of aromatic hydroxyl groups is 1. The van der Waals surface area contributed by atoms with Crippen LogP contribution in [0.2, 0.25) is 5.02 Å². The first-order chi connectivity index (χ1) is 29.9. The number of allylic oxidation sites excluding steroid dienone is 2. The number of imide groups is 2. The van der Waals surface area contributed by atoms with Gasteiger partial charge in [0.05, 0.1) is 57.8 Å². The van der Waals surface area contributed by atoms with Gasteiger partial charge in [0.1, 0.15) is 5.75 Å². The van der Waals surface area contributed by atoms with E-state index in [2.05, 4.69) is 20.5 Å². The third-order valence-corrected chi connectivity index (χ3v) is 12.7. The number of fused-ring (bicyclic) bond motifs is 4. The Hall–Kier alpha value is -6.99. The van der Waals surface area contributed by atoms with Gasteiger partial charge in [0, 0.05) is 56.1 Å². The van der Waals surface area contributed by atoms with Crippen LogP contribution in [0.4, 0.5) is 45.5 Å². The van der Waals surface area contributed by atoms with E-state index in [9.17, 15) is 24.3 Å². The van der Waals surface area contributed by atoms with E-state index in [-0.39, 0.29) is 30.4 Å². The number of hydrogen-bond acceptors (Lipinski definition) is 11. The molecular formula is C48H43ClN8O5. The Morgan fingerprint density at radius 2 is 0.984 bits per heavy atom. The summed E-state index contributed by atoms with van der Waals surface area (Å²) in [4.78, 5) is 64.3. The molecule has 0 bridgehead atoms. The number of phenols is 1. The predicted octanol–water partition coefficient (Wildman–Crippen LogP) is 10.1. The zero-order valence-electron chi connectivity index (χ0n) is 34.5. The SMILES string of the molecule is CN(C)c1ccc(N=Nc2ccc(N3C(=O)[C@H]4[C@H](CC=C5[C@H]4C[C@H]4C(=O)N(c6ccc(N=Nc7ccc(N(C)C)cc7)cc6)C(=O)[C@H]4[C@H]5c4cc(Cl)ccc4O)C3=O)cc2)cc1. The van der Waals surface area contributed by atoms with Crippen LogP contribution in [0.25, 0.3) is 0 Å². The third-order valence-electron chi connectivity index (χ3n) is 12.5. The Balaban J connectivity index is 0.988. The molecule has 14 heteroatoms. The van der Waals surface area contributed by atoms with Crippen LogP contribution in [0.15, 0.2) is 147 Å². The summed E-state index contributed by atoms with van der Waals surface area (Å²) in [5.41, 5.74) is 6.43. The van der Waals surface area contributed by atoms with Crippen molar-refractivity contribution in [2.24, 2.45) is 50.0 Å². The van der Waals surface area contributed by atoms with Crippen molar-refractivity contribution in [1.82, 2.24) is 0 Å². The molecule has 0 spiro atoms. The zero-order valence-corrected chi connectivity index (χ0v) is 35.2. The number of carbonyl (C=O) groups excluding carboxylic acids is 4. The Morgan fingerprint density at radius 3 is 1.45 bits per heavy atom. The van der Waals surface area contributed by atoms with E-state index in [0.717, 1.165) is 16.9 Å². The zero-order chi connectivity index (χ0) is 43.4.